The standard InChI is InChI=1S/C12H14FN3OS/c13-7-4-5-10(9(6-7)11(14)18)16-12(17)15-8-2-1-3-8/h4-6,8H,1-3H2,(H2,14,18)(H2,15,16,17). The fraction of sp³-hybridized carbons (Fsp3) is 0.333. The van der Waals surface area contributed by atoms with Gasteiger partial charge in [-0.2, -0.15) is 0 Å². The lowest BCUT2D eigenvalue weighted by molar-refractivity contribution is 0.240. The lowest BCUT2D eigenvalue weighted by atomic mass is 9.93. The van der Waals surface area contributed by atoms with E-state index in [1.807, 2.05) is 0 Å². The predicted molar refractivity (Wildman–Crippen MR) is 72.1 cm³/mol. The molecule has 96 valence electrons. The van der Waals surface area contributed by atoms with Crippen molar-refractivity contribution < 1.29 is 9.18 Å². The Labute approximate surface area is 110 Å². The zero-order valence-electron chi connectivity index (χ0n) is 9.70. The third-order valence-electron chi connectivity index (χ3n) is 2.94. The van der Waals surface area contributed by atoms with Crippen molar-refractivity contribution in [2.24, 2.45) is 5.73 Å². The minimum absolute atomic E-state index is 0.0495. The first-order chi connectivity index (χ1) is 8.56. The Morgan fingerprint density at radius 1 is 1.44 bits per heavy atom. The van der Waals surface area contributed by atoms with Gasteiger partial charge in [-0.05, 0) is 37.5 Å². The highest BCUT2D eigenvalue weighted by Crippen LogP contribution is 2.19. The molecule has 0 atom stereocenters. The SMILES string of the molecule is NC(=S)c1cc(F)ccc1NC(=O)NC1CCC1. The van der Waals surface area contributed by atoms with Crippen LogP contribution in [0.5, 0.6) is 0 Å². The smallest absolute Gasteiger partial charge is 0.319 e. The first-order valence-corrected chi connectivity index (χ1v) is 6.14. The summed E-state index contributed by atoms with van der Waals surface area (Å²) in [5, 5.41) is 5.45. The minimum Gasteiger partial charge on any atom is -0.389 e. The van der Waals surface area contributed by atoms with E-state index in [1.165, 1.54) is 18.2 Å². The number of halogens is 1. The summed E-state index contributed by atoms with van der Waals surface area (Å²) in [4.78, 5) is 11.7. The molecule has 0 bridgehead atoms. The number of carbonyl (C=O) groups is 1. The molecule has 1 aromatic rings. The molecule has 0 radical (unpaired) electrons. The van der Waals surface area contributed by atoms with Gasteiger partial charge in [-0.1, -0.05) is 12.2 Å². The molecule has 0 saturated heterocycles. The molecule has 1 aromatic carbocycles. The fourth-order valence-electron chi connectivity index (χ4n) is 1.73. The zero-order valence-corrected chi connectivity index (χ0v) is 10.5. The zero-order chi connectivity index (χ0) is 13.1. The number of benzene rings is 1. The molecule has 0 aliphatic heterocycles. The van der Waals surface area contributed by atoms with Crippen molar-refractivity contribution in [1.29, 1.82) is 0 Å². The second-order valence-corrected chi connectivity index (χ2v) is 4.72. The molecule has 0 heterocycles. The summed E-state index contributed by atoms with van der Waals surface area (Å²) in [6.07, 6.45) is 3.14. The number of carbonyl (C=O) groups excluding carboxylic acids is 1. The number of rotatable bonds is 3. The summed E-state index contributed by atoms with van der Waals surface area (Å²) < 4.78 is 13.1. The molecule has 18 heavy (non-hydrogen) atoms. The van der Waals surface area contributed by atoms with Crippen molar-refractivity contribution in [2.45, 2.75) is 25.3 Å². The summed E-state index contributed by atoms with van der Waals surface area (Å²) >= 11 is 4.82. The molecule has 2 amide bonds. The molecule has 0 spiro atoms. The van der Waals surface area contributed by atoms with Gasteiger partial charge in [-0.25, -0.2) is 9.18 Å². The lowest BCUT2D eigenvalue weighted by Crippen LogP contribution is -2.42. The van der Waals surface area contributed by atoms with Gasteiger partial charge in [0.05, 0.1) is 5.69 Å². The Bertz CT molecular complexity index is 488. The van der Waals surface area contributed by atoms with Gasteiger partial charge in [-0.15, -0.1) is 0 Å². The molecular formula is C12H14FN3OS. The Morgan fingerprint density at radius 2 is 2.17 bits per heavy atom. The first-order valence-electron chi connectivity index (χ1n) is 5.73. The number of nitrogens with two attached hydrogens (primary N) is 1. The van der Waals surface area contributed by atoms with Crippen molar-refractivity contribution in [3.63, 3.8) is 0 Å². The molecule has 1 aliphatic rings. The number of hydrogen-bond acceptors (Lipinski definition) is 2. The van der Waals surface area contributed by atoms with E-state index < -0.39 is 5.82 Å². The molecule has 4 N–H and O–H groups in total. The molecule has 1 aliphatic carbocycles. The van der Waals surface area contributed by atoms with Crippen LogP contribution in [0.2, 0.25) is 0 Å². The van der Waals surface area contributed by atoms with E-state index in [-0.39, 0.29) is 17.1 Å². The highest BCUT2D eigenvalue weighted by Gasteiger charge is 2.19. The van der Waals surface area contributed by atoms with Crippen LogP contribution in [0.25, 0.3) is 0 Å². The van der Waals surface area contributed by atoms with Gasteiger partial charge in [0.2, 0.25) is 0 Å². The molecular weight excluding hydrogens is 253 g/mol. The number of amides is 2. The monoisotopic (exact) mass is 267 g/mol. The van der Waals surface area contributed by atoms with E-state index in [9.17, 15) is 9.18 Å². The normalized spacial score (nSPS) is 14.7. The Morgan fingerprint density at radius 3 is 2.72 bits per heavy atom. The highest BCUT2D eigenvalue weighted by atomic mass is 32.1. The van der Waals surface area contributed by atoms with Crippen molar-refractivity contribution in [1.82, 2.24) is 5.32 Å². The number of urea groups is 1. The van der Waals surface area contributed by atoms with E-state index >= 15 is 0 Å². The van der Waals surface area contributed by atoms with Crippen LogP contribution < -0.4 is 16.4 Å². The van der Waals surface area contributed by atoms with Crippen molar-refractivity contribution in [3.05, 3.63) is 29.6 Å². The maximum absolute atomic E-state index is 13.1. The van der Waals surface area contributed by atoms with E-state index in [4.69, 9.17) is 18.0 Å². The molecule has 2 rings (SSSR count). The molecule has 4 nitrogen and oxygen atoms in total. The van der Waals surface area contributed by atoms with E-state index in [0.717, 1.165) is 19.3 Å². The van der Waals surface area contributed by atoms with Crippen molar-refractivity contribution in [3.8, 4) is 0 Å². The quantitative estimate of drug-likeness (QED) is 0.735. The minimum atomic E-state index is -0.442. The summed E-state index contributed by atoms with van der Waals surface area (Å²) in [6.45, 7) is 0. The van der Waals surface area contributed by atoms with Crippen LogP contribution in [0, 0.1) is 5.82 Å². The van der Waals surface area contributed by atoms with E-state index in [2.05, 4.69) is 10.6 Å². The molecule has 1 fully saturated rings. The van der Waals surface area contributed by atoms with Crippen LogP contribution in [0.15, 0.2) is 18.2 Å². The Kier molecular flexibility index (Phi) is 3.76. The van der Waals surface area contributed by atoms with Crippen LogP contribution >= 0.6 is 12.2 Å². The van der Waals surface area contributed by atoms with Gasteiger partial charge < -0.3 is 16.4 Å². The highest BCUT2D eigenvalue weighted by molar-refractivity contribution is 7.80. The second kappa shape index (κ2) is 5.30. The van der Waals surface area contributed by atoms with Crippen LogP contribution in [0.1, 0.15) is 24.8 Å². The summed E-state index contributed by atoms with van der Waals surface area (Å²) in [6, 6.07) is 3.83. The van der Waals surface area contributed by atoms with E-state index in [0.29, 0.717) is 11.3 Å². The number of nitrogens with one attached hydrogen (secondary N) is 2. The number of anilines is 1. The Hall–Kier alpha value is -1.69. The predicted octanol–water partition coefficient (Wildman–Crippen LogP) is 2.13. The lowest BCUT2D eigenvalue weighted by Gasteiger charge is -2.26. The van der Waals surface area contributed by atoms with Gasteiger partial charge >= 0.3 is 6.03 Å². The van der Waals surface area contributed by atoms with Crippen LogP contribution in [-0.2, 0) is 0 Å². The molecule has 1 saturated carbocycles. The van der Waals surface area contributed by atoms with Gasteiger partial charge in [0.15, 0.2) is 0 Å². The first kappa shape index (κ1) is 12.8. The van der Waals surface area contributed by atoms with E-state index in [1.54, 1.807) is 0 Å². The van der Waals surface area contributed by atoms with Gasteiger partial charge in [0.1, 0.15) is 10.8 Å². The maximum Gasteiger partial charge on any atom is 0.319 e. The average molecular weight is 267 g/mol. The summed E-state index contributed by atoms with van der Waals surface area (Å²) in [5.41, 5.74) is 6.24. The average Bonchev–Trinajstić information content (AvgIpc) is 2.26. The number of hydrogen-bond donors (Lipinski definition) is 3. The number of thiocarbonyl (C=S) groups is 1. The summed E-state index contributed by atoms with van der Waals surface area (Å²) in [7, 11) is 0. The van der Waals surface area contributed by atoms with Gasteiger partial charge in [0, 0.05) is 11.6 Å². The topological polar surface area (TPSA) is 67.1 Å². The van der Waals surface area contributed by atoms with Crippen molar-refractivity contribution in [2.75, 3.05) is 5.32 Å². The van der Waals surface area contributed by atoms with Gasteiger partial charge in [-0.3, -0.25) is 0 Å². The largest absolute Gasteiger partial charge is 0.389 e. The van der Waals surface area contributed by atoms with Crippen LogP contribution in [0.4, 0.5) is 14.9 Å². The van der Waals surface area contributed by atoms with Crippen LogP contribution in [-0.4, -0.2) is 17.1 Å². The summed E-state index contributed by atoms with van der Waals surface area (Å²) in [5.74, 6) is -0.442. The Balaban J connectivity index is 2.07. The maximum atomic E-state index is 13.1. The molecule has 0 unspecified atom stereocenters. The van der Waals surface area contributed by atoms with Crippen LogP contribution in [0.3, 0.4) is 0 Å². The second-order valence-electron chi connectivity index (χ2n) is 4.28. The molecule has 0 aromatic heterocycles. The third kappa shape index (κ3) is 2.95. The van der Waals surface area contributed by atoms with Gasteiger partial charge in [0.25, 0.3) is 0 Å². The molecule has 6 heteroatoms. The fourth-order valence-corrected chi connectivity index (χ4v) is 1.89. The van der Waals surface area contributed by atoms with Crippen molar-refractivity contribution >= 4 is 28.9 Å². The third-order valence-corrected chi connectivity index (χ3v) is 3.16.